The predicted octanol–water partition coefficient (Wildman–Crippen LogP) is 8.11. The van der Waals surface area contributed by atoms with Crippen molar-refractivity contribution in [1.82, 2.24) is 10.3 Å². The molecule has 0 unspecified atom stereocenters. The number of hydrogen-bond donors (Lipinski definition) is 3. The second-order valence-electron chi connectivity index (χ2n) is 10.5. The van der Waals surface area contributed by atoms with Gasteiger partial charge in [-0.15, -0.1) is 23.1 Å². The van der Waals surface area contributed by atoms with E-state index in [1.807, 2.05) is 90.3 Å². The van der Waals surface area contributed by atoms with Gasteiger partial charge in [0, 0.05) is 27.1 Å². The van der Waals surface area contributed by atoms with E-state index in [-0.39, 0.29) is 17.4 Å². The summed E-state index contributed by atoms with van der Waals surface area (Å²) in [6.45, 7) is 0. The van der Waals surface area contributed by atoms with Gasteiger partial charge in [-0.1, -0.05) is 72.8 Å². The van der Waals surface area contributed by atoms with Crippen LogP contribution in [0.4, 0.5) is 10.8 Å². The quantitative estimate of drug-likeness (QED) is 0.0949. The number of ether oxygens (including phenoxy) is 1. The maximum atomic E-state index is 13.6. The average molecular weight is 671 g/mol. The number of hydrogen-bond acceptors (Lipinski definition) is 7. The molecule has 0 fully saturated rings. The zero-order valence-electron chi connectivity index (χ0n) is 25.8. The molecule has 0 bridgehead atoms. The van der Waals surface area contributed by atoms with E-state index in [9.17, 15) is 14.4 Å². The van der Waals surface area contributed by atoms with Crippen LogP contribution in [0.15, 0.2) is 137 Å². The number of para-hydroxylation sites is 1. The molecule has 0 saturated heterocycles. The van der Waals surface area contributed by atoms with Crippen LogP contribution in [0.1, 0.15) is 15.9 Å². The van der Waals surface area contributed by atoms with Gasteiger partial charge < -0.3 is 20.7 Å². The molecule has 0 aliphatic carbocycles. The van der Waals surface area contributed by atoms with Gasteiger partial charge in [0.2, 0.25) is 5.91 Å². The average Bonchev–Trinajstić information content (AvgIpc) is 3.59. The van der Waals surface area contributed by atoms with Crippen LogP contribution >= 0.6 is 23.1 Å². The first kappa shape index (κ1) is 32.2. The van der Waals surface area contributed by atoms with E-state index in [0.717, 1.165) is 32.5 Å². The van der Waals surface area contributed by atoms with Crippen LogP contribution in [0, 0.1) is 0 Å². The summed E-state index contributed by atoms with van der Waals surface area (Å²) in [5, 5.41) is 12.9. The zero-order valence-corrected chi connectivity index (χ0v) is 27.4. The molecule has 48 heavy (non-hydrogen) atoms. The van der Waals surface area contributed by atoms with Gasteiger partial charge in [-0.3, -0.25) is 14.4 Å². The van der Waals surface area contributed by atoms with Crippen LogP contribution in [-0.4, -0.2) is 35.6 Å². The number of anilines is 2. The van der Waals surface area contributed by atoms with Crippen molar-refractivity contribution in [2.24, 2.45) is 0 Å². The Balaban J connectivity index is 1.10. The molecule has 1 heterocycles. The van der Waals surface area contributed by atoms with Gasteiger partial charge in [0.25, 0.3) is 11.8 Å². The third kappa shape index (κ3) is 7.98. The van der Waals surface area contributed by atoms with Gasteiger partial charge in [-0.2, -0.15) is 0 Å². The van der Waals surface area contributed by atoms with E-state index in [1.54, 1.807) is 49.6 Å². The molecule has 1 aromatic heterocycles. The number of thiazole rings is 1. The number of aromatic nitrogens is 1. The number of carbonyl (C=O) groups excluding carboxylic acids is 3. The molecule has 0 aliphatic rings. The van der Waals surface area contributed by atoms with Gasteiger partial charge in [0.15, 0.2) is 5.13 Å². The SMILES string of the molecule is COc1ccccc1-c1csc(NC(=O)CSc2ccc(NC(=O)/C(=C/c3cccc4ccccc34)NC(=O)c3ccccc3)cc2)n1. The minimum Gasteiger partial charge on any atom is -0.496 e. The van der Waals surface area contributed by atoms with Crippen molar-refractivity contribution in [1.29, 1.82) is 0 Å². The molecule has 5 aromatic carbocycles. The number of methoxy groups -OCH3 is 1. The molecule has 3 amide bonds. The highest BCUT2D eigenvalue weighted by Crippen LogP contribution is 2.32. The fraction of sp³-hybridized carbons (Fsp3) is 0.0526. The fourth-order valence-corrected chi connectivity index (χ4v) is 6.35. The van der Waals surface area contributed by atoms with Crippen LogP contribution in [0.3, 0.4) is 0 Å². The summed E-state index contributed by atoms with van der Waals surface area (Å²) >= 11 is 2.71. The van der Waals surface area contributed by atoms with Gasteiger partial charge in [-0.25, -0.2) is 4.98 Å². The minimum absolute atomic E-state index is 0.103. The molecule has 0 atom stereocenters. The Morgan fingerprint density at radius 3 is 2.35 bits per heavy atom. The Morgan fingerprint density at radius 1 is 0.812 bits per heavy atom. The highest BCUT2D eigenvalue weighted by molar-refractivity contribution is 8.00. The third-order valence-electron chi connectivity index (χ3n) is 7.27. The van der Waals surface area contributed by atoms with E-state index in [2.05, 4.69) is 20.9 Å². The summed E-state index contributed by atoms with van der Waals surface area (Å²) in [5.41, 5.74) is 3.46. The van der Waals surface area contributed by atoms with Gasteiger partial charge in [0.05, 0.1) is 18.6 Å². The molecular weight excluding hydrogens is 641 g/mol. The van der Waals surface area contributed by atoms with Crippen LogP contribution in [-0.2, 0) is 9.59 Å². The normalized spacial score (nSPS) is 11.1. The van der Waals surface area contributed by atoms with E-state index in [0.29, 0.717) is 22.1 Å². The Morgan fingerprint density at radius 2 is 1.54 bits per heavy atom. The van der Waals surface area contributed by atoms with Gasteiger partial charge in [0.1, 0.15) is 11.4 Å². The van der Waals surface area contributed by atoms with Crippen molar-refractivity contribution in [2.75, 3.05) is 23.5 Å². The summed E-state index contributed by atoms with van der Waals surface area (Å²) in [4.78, 5) is 44.7. The lowest BCUT2D eigenvalue weighted by Crippen LogP contribution is -2.30. The molecule has 8 nitrogen and oxygen atoms in total. The van der Waals surface area contributed by atoms with E-state index in [1.165, 1.54) is 23.1 Å². The lowest BCUT2D eigenvalue weighted by molar-refractivity contribution is -0.114. The molecule has 0 saturated carbocycles. The monoisotopic (exact) mass is 670 g/mol. The number of carbonyl (C=O) groups is 3. The second-order valence-corrected chi connectivity index (χ2v) is 12.4. The maximum absolute atomic E-state index is 13.6. The van der Waals surface area contributed by atoms with Gasteiger partial charge >= 0.3 is 0 Å². The largest absolute Gasteiger partial charge is 0.496 e. The van der Waals surface area contributed by atoms with Crippen molar-refractivity contribution < 1.29 is 19.1 Å². The van der Waals surface area contributed by atoms with Crippen LogP contribution < -0.4 is 20.7 Å². The molecule has 10 heteroatoms. The first-order valence-electron chi connectivity index (χ1n) is 15.0. The molecular formula is C38H30N4O4S2. The summed E-state index contributed by atoms with van der Waals surface area (Å²) in [6.07, 6.45) is 1.68. The highest BCUT2D eigenvalue weighted by Gasteiger charge is 2.16. The Kier molecular flexibility index (Phi) is 10.2. The van der Waals surface area contributed by atoms with Crippen LogP contribution in [0.25, 0.3) is 28.1 Å². The predicted molar refractivity (Wildman–Crippen MR) is 194 cm³/mol. The topological polar surface area (TPSA) is 109 Å². The van der Waals surface area contributed by atoms with Crippen molar-refractivity contribution >= 4 is 68.5 Å². The van der Waals surface area contributed by atoms with Gasteiger partial charge in [-0.05, 0) is 70.9 Å². The van der Waals surface area contributed by atoms with E-state index < -0.39 is 11.8 Å². The zero-order chi connectivity index (χ0) is 33.3. The van der Waals surface area contributed by atoms with Crippen LogP contribution in [0.2, 0.25) is 0 Å². The number of thioether (sulfide) groups is 1. The van der Waals surface area contributed by atoms with Crippen molar-refractivity contribution in [3.05, 3.63) is 144 Å². The first-order valence-corrected chi connectivity index (χ1v) is 16.8. The third-order valence-corrected chi connectivity index (χ3v) is 9.04. The Bertz CT molecular complexity index is 2110. The molecule has 0 aliphatic heterocycles. The molecule has 3 N–H and O–H groups in total. The summed E-state index contributed by atoms with van der Waals surface area (Å²) in [7, 11) is 1.61. The first-order chi connectivity index (χ1) is 23.5. The van der Waals surface area contributed by atoms with E-state index >= 15 is 0 Å². The highest BCUT2D eigenvalue weighted by atomic mass is 32.2. The summed E-state index contributed by atoms with van der Waals surface area (Å²) < 4.78 is 5.42. The van der Waals surface area contributed by atoms with Crippen molar-refractivity contribution in [2.45, 2.75) is 4.90 Å². The molecule has 238 valence electrons. The molecule has 0 spiro atoms. The minimum atomic E-state index is -0.470. The Hall–Kier alpha value is -5.71. The Labute approximate surface area is 285 Å². The summed E-state index contributed by atoms with van der Waals surface area (Å²) in [5.74, 6) is -0.155. The number of nitrogens with one attached hydrogen (secondary N) is 3. The summed E-state index contributed by atoms with van der Waals surface area (Å²) in [6, 6.07) is 37.2. The number of amides is 3. The lowest BCUT2D eigenvalue weighted by atomic mass is 10.0. The van der Waals surface area contributed by atoms with E-state index in [4.69, 9.17) is 4.74 Å². The smallest absolute Gasteiger partial charge is 0.272 e. The molecule has 6 rings (SSSR count). The van der Waals surface area contributed by atoms with Crippen molar-refractivity contribution in [3.8, 4) is 17.0 Å². The second kappa shape index (κ2) is 15.3. The fourth-order valence-electron chi connectivity index (χ4n) is 4.92. The number of fused-ring (bicyclic) bond motifs is 1. The maximum Gasteiger partial charge on any atom is 0.272 e. The van der Waals surface area contributed by atoms with Crippen molar-refractivity contribution in [3.63, 3.8) is 0 Å². The standard InChI is InChI=1S/C38H30N4O4S2/c1-46-34-17-8-7-16-31(34)33-23-48-38(41-33)42-35(43)24-47-29-20-18-28(19-21-29)39-37(45)32(40-36(44)26-11-3-2-4-12-26)22-27-14-9-13-25-10-5-6-15-30(25)27/h2-23H,24H2,1H3,(H,39,45)(H,40,44)(H,41,42,43)/b32-22-. The number of rotatable bonds is 11. The number of benzene rings is 5. The van der Waals surface area contributed by atoms with Crippen LogP contribution in [0.5, 0.6) is 5.75 Å². The molecule has 6 aromatic rings. The molecule has 0 radical (unpaired) electrons. The number of nitrogens with zero attached hydrogens (tertiary/aromatic N) is 1. The lowest BCUT2D eigenvalue weighted by Gasteiger charge is -2.12.